The molecule has 1 aromatic carbocycles. The lowest BCUT2D eigenvalue weighted by Crippen LogP contribution is -2.07. The average molecular weight is 282 g/mol. The van der Waals surface area contributed by atoms with E-state index in [9.17, 15) is 8.42 Å². The van der Waals surface area contributed by atoms with E-state index in [0.29, 0.717) is 4.90 Å². The Kier molecular flexibility index (Phi) is 3.68. The van der Waals surface area contributed by atoms with Gasteiger partial charge >= 0.3 is 0 Å². The molecule has 0 fully saturated rings. The maximum absolute atomic E-state index is 11.3. The summed E-state index contributed by atoms with van der Waals surface area (Å²) < 4.78 is 22.6. The fourth-order valence-corrected chi connectivity index (χ4v) is 2.84. The minimum absolute atomic E-state index is 0.0975. The van der Waals surface area contributed by atoms with Crippen molar-refractivity contribution in [3.63, 3.8) is 0 Å². The number of sulfone groups is 1. The number of thiazole rings is 1. The Balaban J connectivity index is 2.12. The summed E-state index contributed by atoms with van der Waals surface area (Å²) in [6, 6.07) is 6.83. The monoisotopic (exact) mass is 282 g/mol. The minimum Gasteiger partial charge on any atom is -0.377 e. The van der Waals surface area contributed by atoms with Gasteiger partial charge < -0.3 is 5.32 Å². The first-order valence-electron chi connectivity index (χ1n) is 5.41. The first kappa shape index (κ1) is 13.0. The number of hydrogen-bond acceptors (Lipinski definition) is 5. The van der Waals surface area contributed by atoms with Crippen molar-refractivity contribution in [2.75, 3.05) is 11.6 Å². The Labute approximate surface area is 111 Å². The summed E-state index contributed by atoms with van der Waals surface area (Å²) in [5.41, 5.74) is 3.65. The third-order valence-electron chi connectivity index (χ3n) is 2.56. The van der Waals surface area contributed by atoms with Gasteiger partial charge in [0.25, 0.3) is 0 Å². The molecule has 1 heterocycles. The lowest BCUT2D eigenvalue weighted by Gasteiger charge is -2.13. The van der Waals surface area contributed by atoms with E-state index in [1.54, 1.807) is 41.1 Å². The molecule has 4 nitrogen and oxygen atoms in total. The first-order valence-corrected chi connectivity index (χ1v) is 8.25. The molecule has 2 aromatic rings. The molecule has 18 heavy (non-hydrogen) atoms. The van der Waals surface area contributed by atoms with Crippen LogP contribution in [0.3, 0.4) is 0 Å². The summed E-state index contributed by atoms with van der Waals surface area (Å²) in [6.45, 7) is 2.01. The maximum atomic E-state index is 11.3. The van der Waals surface area contributed by atoms with Crippen molar-refractivity contribution >= 4 is 26.9 Å². The molecule has 96 valence electrons. The Morgan fingerprint density at radius 1 is 1.28 bits per heavy atom. The number of anilines is 1. The molecule has 1 N–H and O–H groups in total. The Bertz CT molecular complexity index is 604. The van der Waals surface area contributed by atoms with Gasteiger partial charge in [0.2, 0.25) is 0 Å². The third-order valence-corrected chi connectivity index (χ3v) is 4.29. The van der Waals surface area contributed by atoms with Crippen LogP contribution >= 0.6 is 11.3 Å². The number of aromatic nitrogens is 1. The van der Waals surface area contributed by atoms with Gasteiger partial charge in [0, 0.05) is 17.3 Å². The summed E-state index contributed by atoms with van der Waals surface area (Å²) in [5, 5.41) is 5.26. The fourth-order valence-electron chi connectivity index (χ4n) is 1.56. The van der Waals surface area contributed by atoms with Gasteiger partial charge in [-0.3, -0.25) is 0 Å². The zero-order valence-corrected chi connectivity index (χ0v) is 11.8. The quantitative estimate of drug-likeness (QED) is 0.936. The van der Waals surface area contributed by atoms with Gasteiger partial charge in [-0.15, -0.1) is 11.3 Å². The molecule has 0 amide bonds. The first-order chi connectivity index (χ1) is 8.47. The van der Waals surface area contributed by atoms with Crippen molar-refractivity contribution in [3.05, 3.63) is 40.8 Å². The molecule has 0 saturated heterocycles. The Morgan fingerprint density at radius 3 is 2.44 bits per heavy atom. The Morgan fingerprint density at radius 2 is 1.94 bits per heavy atom. The molecule has 0 bridgehead atoms. The standard InChI is InChI=1S/C12H14N2O2S2/c1-9(12-7-17-8-13-12)14-10-3-5-11(6-4-10)18(2,15)16/h3-9,14H,1-2H3. The summed E-state index contributed by atoms with van der Waals surface area (Å²) in [7, 11) is -3.13. The van der Waals surface area contributed by atoms with Crippen LogP contribution in [0.15, 0.2) is 40.1 Å². The van der Waals surface area contributed by atoms with Crippen LogP contribution in [-0.4, -0.2) is 19.7 Å². The fraction of sp³-hybridized carbons (Fsp3) is 0.250. The zero-order valence-electron chi connectivity index (χ0n) is 10.1. The van der Waals surface area contributed by atoms with Crippen molar-refractivity contribution < 1.29 is 8.42 Å². The van der Waals surface area contributed by atoms with Crippen LogP contribution in [0.1, 0.15) is 18.7 Å². The molecule has 0 aliphatic heterocycles. The number of nitrogens with zero attached hydrogens (tertiary/aromatic N) is 1. The summed E-state index contributed by atoms with van der Waals surface area (Å²) in [6.07, 6.45) is 1.20. The van der Waals surface area contributed by atoms with Gasteiger partial charge in [-0.05, 0) is 31.2 Å². The van der Waals surface area contributed by atoms with E-state index in [-0.39, 0.29) is 6.04 Å². The van der Waals surface area contributed by atoms with Gasteiger partial charge in [-0.1, -0.05) is 0 Å². The van der Waals surface area contributed by atoms with Crippen molar-refractivity contribution in [2.45, 2.75) is 17.9 Å². The molecule has 1 aromatic heterocycles. The second-order valence-electron chi connectivity index (χ2n) is 4.08. The van der Waals surface area contributed by atoms with E-state index in [4.69, 9.17) is 0 Å². The highest BCUT2D eigenvalue weighted by Crippen LogP contribution is 2.20. The van der Waals surface area contributed by atoms with E-state index in [2.05, 4.69) is 10.3 Å². The van der Waals surface area contributed by atoms with Crippen LogP contribution in [0, 0.1) is 0 Å². The second-order valence-corrected chi connectivity index (χ2v) is 6.81. The SMILES string of the molecule is CC(Nc1ccc(S(C)(=O)=O)cc1)c1cscn1. The molecule has 1 unspecified atom stereocenters. The average Bonchev–Trinajstić information content (AvgIpc) is 2.82. The van der Waals surface area contributed by atoms with Crippen molar-refractivity contribution in [1.82, 2.24) is 4.98 Å². The van der Waals surface area contributed by atoms with Gasteiger partial charge in [-0.25, -0.2) is 13.4 Å². The summed E-state index contributed by atoms with van der Waals surface area (Å²) >= 11 is 1.55. The second kappa shape index (κ2) is 5.07. The van der Waals surface area contributed by atoms with Gasteiger partial charge in [0.05, 0.1) is 22.1 Å². The van der Waals surface area contributed by atoms with Crippen LogP contribution < -0.4 is 5.32 Å². The van der Waals surface area contributed by atoms with E-state index in [1.165, 1.54) is 6.26 Å². The number of hydrogen-bond donors (Lipinski definition) is 1. The highest BCUT2D eigenvalue weighted by molar-refractivity contribution is 7.90. The Hall–Kier alpha value is -1.40. The minimum atomic E-state index is -3.13. The molecule has 0 saturated carbocycles. The molecule has 0 aliphatic carbocycles. The van der Waals surface area contributed by atoms with Crippen molar-refractivity contribution in [2.24, 2.45) is 0 Å². The van der Waals surface area contributed by atoms with E-state index in [1.807, 2.05) is 12.3 Å². The smallest absolute Gasteiger partial charge is 0.175 e. The summed E-state index contributed by atoms with van der Waals surface area (Å²) in [4.78, 5) is 4.56. The predicted molar refractivity (Wildman–Crippen MR) is 73.7 cm³/mol. The number of rotatable bonds is 4. The van der Waals surface area contributed by atoms with Crippen molar-refractivity contribution in [1.29, 1.82) is 0 Å². The van der Waals surface area contributed by atoms with Gasteiger partial charge in [0.1, 0.15) is 0 Å². The molecule has 1 atom stereocenters. The van der Waals surface area contributed by atoms with E-state index < -0.39 is 9.84 Å². The zero-order chi connectivity index (χ0) is 13.2. The molecule has 0 spiro atoms. The number of benzene rings is 1. The maximum Gasteiger partial charge on any atom is 0.175 e. The molecule has 6 heteroatoms. The van der Waals surface area contributed by atoms with Gasteiger partial charge in [0.15, 0.2) is 9.84 Å². The van der Waals surface area contributed by atoms with Crippen LogP contribution in [0.4, 0.5) is 5.69 Å². The lowest BCUT2D eigenvalue weighted by molar-refractivity contribution is 0.602. The summed E-state index contributed by atoms with van der Waals surface area (Å²) in [5.74, 6) is 0. The highest BCUT2D eigenvalue weighted by atomic mass is 32.2. The predicted octanol–water partition coefficient (Wildman–Crippen LogP) is 2.72. The van der Waals surface area contributed by atoms with E-state index in [0.717, 1.165) is 11.4 Å². The van der Waals surface area contributed by atoms with Crippen LogP contribution in [-0.2, 0) is 9.84 Å². The third kappa shape index (κ3) is 3.08. The number of nitrogens with one attached hydrogen (secondary N) is 1. The molecule has 0 aliphatic rings. The molecular weight excluding hydrogens is 268 g/mol. The topological polar surface area (TPSA) is 59.1 Å². The molecule has 0 radical (unpaired) electrons. The molecular formula is C12H14N2O2S2. The largest absolute Gasteiger partial charge is 0.377 e. The van der Waals surface area contributed by atoms with Crippen molar-refractivity contribution in [3.8, 4) is 0 Å². The van der Waals surface area contributed by atoms with Crippen LogP contribution in [0.25, 0.3) is 0 Å². The van der Waals surface area contributed by atoms with Crippen LogP contribution in [0.2, 0.25) is 0 Å². The molecule has 2 rings (SSSR count). The highest BCUT2D eigenvalue weighted by Gasteiger charge is 2.09. The lowest BCUT2D eigenvalue weighted by atomic mass is 10.2. The normalized spacial score (nSPS) is 13.2. The van der Waals surface area contributed by atoms with E-state index >= 15 is 0 Å². The van der Waals surface area contributed by atoms with Crippen LogP contribution in [0.5, 0.6) is 0 Å². The van der Waals surface area contributed by atoms with Gasteiger partial charge in [-0.2, -0.15) is 0 Å².